The lowest BCUT2D eigenvalue weighted by Gasteiger charge is -2.13. The maximum atomic E-state index is 9.24. The summed E-state index contributed by atoms with van der Waals surface area (Å²) >= 11 is 0. The van der Waals surface area contributed by atoms with Gasteiger partial charge in [0.2, 0.25) is 0 Å². The van der Waals surface area contributed by atoms with Crippen LogP contribution in [-0.2, 0) is 6.42 Å². The molecule has 2 unspecified atom stereocenters. The molecule has 1 nitrogen and oxygen atoms in total. The lowest BCUT2D eigenvalue weighted by atomic mass is 9.92. The van der Waals surface area contributed by atoms with E-state index in [9.17, 15) is 5.11 Å². The second-order valence-electron chi connectivity index (χ2n) is 5.68. The summed E-state index contributed by atoms with van der Waals surface area (Å²) in [6.45, 7) is 2.39. The molecule has 1 aromatic rings. The van der Waals surface area contributed by atoms with Crippen LogP contribution in [0.1, 0.15) is 51.0 Å². The molecule has 94 valence electrons. The molecule has 0 spiro atoms. The fraction of sp³-hybridized carbons (Fsp3) is 0.625. The van der Waals surface area contributed by atoms with Gasteiger partial charge in [0.1, 0.15) is 5.75 Å². The zero-order valence-corrected chi connectivity index (χ0v) is 10.9. The third kappa shape index (κ3) is 4.07. The Hall–Kier alpha value is -0.980. The first-order chi connectivity index (χ1) is 8.24. The number of aromatic hydroxyl groups is 1. The van der Waals surface area contributed by atoms with Crippen LogP contribution in [0.3, 0.4) is 0 Å². The van der Waals surface area contributed by atoms with Crippen molar-refractivity contribution in [2.45, 2.75) is 51.9 Å². The van der Waals surface area contributed by atoms with E-state index in [2.05, 4.69) is 19.1 Å². The normalized spacial score (nSPS) is 25.5. The number of rotatable bonds is 3. The van der Waals surface area contributed by atoms with Gasteiger partial charge in [-0.15, -0.1) is 0 Å². The van der Waals surface area contributed by atoms with Gasteiger partial charge in [0.05, 0.1) is 0 Å². The molecule has 0 bridgehead atoms. The Kier molecular flexibility index (Phi) is 4.47. The highest BCUT2D eigenvalue weighted by Crippen LogP contribution is 2.29. The minimum absolute atomic E-state index is 0.372. The zero-order valence-electron chi connectivity index (χ0n) is 10.9. The van der Waals surface area contributed by atoms with Gasteiger partial charge in [-0.25, -0.2) is 0 Å². The van der Waals surface area contributed by atoms with Crippen LogP contribution in [0.2, 0.25) is 0 Å². The van der Waals surface area contributed by atoms with Crippen LogP contribution in [0.15, 0.2) is 24.3 Å². The van der Waals surface area contributed by atoms with Crippen molar-refractivity contribution >= 4 is 0 Å². The fourth-order valence-electron chi connectivity index (χ4n) is 2.89. The number of hydrogen-bond acceptors (Lipinski definition) is 1. The van der Waals surface area contributed by atoms with Gasteiger partial charge in [-0.1, -0.05) is 51.2 Å². The molecule has 1 aromatic carbocycles. The van der Waals surface area contributed by atoms with Crippen LogP contribution < -0.4 is 0 Å². The topological polar surface area (TPSA) is 20.2 Å². The molecule has 1 fully saturated rings. The van der Waals surface area contributed by atoms with E-state index in [1.54, 1.807) is 12.1 Å². The average molecular weight is 232 g/mol. The molecule has 17 heavy (non-hydrogen) atoms. The van der Waals surface area contributed by atoms with Crippen LogP contribution >= 0.6 is 0 Å². The quantitative estimate of drug-likeness (QED) is 0.758. The van der Waals surface area contributed by atoms with E-state index < -0.39 is 0 Å². The lowest BCUT2D eigenvalue weighted by Crippen LogP contribution is -2.01. The highest BCUT2D eigenvalue weighted by molar-refractivity contribution is 5.25. The van der Waals surface area contributed by atoms with E-state index in [0.29, 0.717) is 5.75 Å². The summed E-state index contributed by atoms with van der Waals surface area (Å²) in [5.41, 5.74) is 1.36. The predicted octanol–water partition coefficient (Wildman–Crippen LogP) is 4.54. The molecule has 1 saturated carbocycles. The standard InChI is InChI=1S/C16H24O/c1-13-3-2-4-14(6-5-13)7-8-15-9-11-16(17)12-10-15/h9-14,17H,2-8H2,1H3. The molecule has 1 aliphatic carbocycles. The van der Waals surface area contributed by atoms with E-state index >= 15 is 0 Å². The molecule has 0 saturated heterocycles. The van der Waals surface area contributed by atoms with Gasteiger partial charge in [0.25, 0.3) is 0 Å². The van der Waals surface area contributed by atoms with Crippen molar-refractivity contribution < 1.29 is 5.11 Å². The third-order valence-corrected chi connectivity index (χ3v) is 4.15. The summed E-state index contributed by atoms with van der Waals surface area (Å²) < 4.78 is 0. The molecule has 2 atom stereocenters. The van der Waals surface area contributed by atoms with Crippen LogP contribution in [0.4, 0.5) is 0 Å². The number of hydrogen-bond donors (Lipinski definition) is 1. The molecule has 1 N–H and O–H groups in total. The highest BCUT2D eigenvalue weighted by atomic mass is 16.3. The Morgan fingerprint density at radius 3 is 2.59 bits per heavy atom. The van der Waals surface area contributed by atoms with Crippen molar-refractivity contribution in [3.8, 4) is 5.75 Å². The molecule has 2 rings (SSSR count). The largest absolute Gasteiger partial charge is 0.508 e. The summed E-state index contributed by atoms with van der Waals surface area (Å²) in [5, 5.41) is 9.24. The molecule has 1 heteroatoms. The number of benzene rings is 1. The fourth-order valence-corrected chi connectivity index (χ4v) is 2.89. The second kappa shape index (κ2) is 6.09. The first kappa shape index (κ1) is 12.5. The Morgan fingerprint density at radius 1 is 1.06 bits per heavy atom. The number of aryl methyl sites for hydroxylation is 1. The van der Waals surface area contributed by atoms with Crippen molar-refractivity contribution in [2.24, 2.45) is 11.8 Å². The first-order valence-electron chi connectivity index (χ1n) is 7.02. The van der Waals surface area contributed by atoms with Gasteiger partial charge < -0.3 is 5.11 Å². The Labute approximate surface area is 105 Å². The second-order valence-corrected chi connectivity index (χ2v) is 5.68. The van der Waals surface area contributed by atoms with Crippen LogP contribution in [0, 0.1) is 11.8 Å². The molecule has 1 aliphatic rings. The van der Waals surface area contributed by atoms with Gasteiger partial charge in [-0.05, 0) is 42.4 Å². The summed E-state index contributed by atoms with van der Waals surface area (Å²) in [4.78, 5) is 0. The molecular weight excluding hydrogens is 208 g/mol. The molecule has 0 aliphatic heterocycles. The zero-order chi connectivity index (χ0) is 12.1. The van der Waals surface area contributed by atoms with Gasteiger partial charge in [-0.3, -0.25) is 0 Å². The molecule has 0 heterocycles. The van der Waals surface area contributed by atoms with Gasteiger partial charge in [0, 0.05) is 0 Å². The third-order valence-electron chi connectivity index (χ3n) is 4.15. The van der Waals surface area contributed by atoms with Crippen LogP contribution in [-0.4, -0.2) is 5.11 Å². The number of phenolic OH excluding ortho intramolecular Hbond substituents is 1. The summed E-state index contributed by atoms with van der Waals surface area (Å²) in [7, 11) is 0. The molecule has 0 aromatic heterocycles. The summed E-state index contributed by atoms with van der Waals surface area (Å²) in [6, 6.07) is 7.69. The first-order valence-corrected chi connectivity index (χ1v) is 7.02. The van der Waals surface area contributed by atoms with E-state index in [-0.39, 0.29) is 0 Å². The van der Waals surface area contributed by atoms with Gasteiger partial charge in [0.15, 0.2) is 0 Å². The summed E-state index contributed by atoms with van der Waals surface area (Å²) in [6.07, 6.45) is 9.58. The monoisotopic (exact) mass is 232 g/mol. The van der Waals surface area contributed by atoms with Crippen molar-refractivity contribution in [3.05, 3.63) is 29.8 Å². The minimum atomic E-state index is 0.372. The van der Waals surface area contributed by atoms with Gasteiger partial charge in [-0.2, -0.15) is 0 Å². The van der Waals surface area contributed by atoms with E-state index in [4.69, 9.17) is 0 Å². The van der Waals surface area contributed by atoms with E-state index in [0.717, 1.165) is 11.8 Å². The minimum Gasteiger partial charge on any atom is -0.508 e. The van der Waals surface area contributed by atoms with Crippen molar-refractivity contribution in [1.82, 2.24) is 0 Å². The van der Waals surface area contributed by atoms with Crippen molar-refractivity contribution in [2.75, 3.05) is 0 Å². The summed E-state index contributed by atoms with van der Waals surface area (Å²) in [5.74, 6) is 2.24. The van der Waals surface area contributed by atoms with E-state index in [1.165, 1.54) is 50.5 Å². The molecule has 0 amide bonds. The SMILES string of the molecule is CC1CCCC(CCc2ccc(O)cc2)CC1. The molecule has 0 radical (unpaired) electrons. The van der Waals surface area contributed by atoms with Crippen LogP contribution in [0.5, 0.6) is 5.75 Å². The van der Waals surface area contributed by atoms with Crippen LogP contribution in [0.25, 0.3) is 0 Å². The Morgan fingerprint density at radius 2 is 1.82 bits per heavy atom. The smallest absolute Gasteiger partial charge is 0.115 e. The van der Waals surface area contributed by atoms with Crippen molar-refractivity contribution in [3.63, 3.8) is 0 Å². The number of phenols is 1. The Bertz CT molecular complexity index is 328. The average Bonchev–Trinajstić information content (AvgIpc) is 2.54. The van der Waals surface area contributed by atoms with E-state index in [1.807, 2.05) is 0 Å². The lowest BCUT2D eigenvalue weighted by molar-refractivity contribution is 0.418. The highest BCUT2D eigenvalue weighted by Gasteiger charge is 2.15. The maximum Gasteiger partial charge on any atom is 0.115 e. The Balaban J connectivity index is 1.79. The van der Waals surface area contributed by atoms with Gasteiger partial charge >= 0.3 is 0 Å². The predicted molar refractivity (Wildman–Crippen MR) is 72.2 cm³/mol. The van der Waals surface area contributed by atoms with Crippen molar-refractivity contribution in [1.29, 1.82) is 0 Å². The maximum absolute atomic E-state index is 9.24. The molecular formula is C16H24O.